The lowest BCUT2D eigenvalue weighted by molar-refractivity contribution is -0.120. The van der Waals surface area contributed by atoms with Gasteiger partial charge in [0.15, 0.2) is 5.13 Å². The zero-order valence-electron chi connectivity index (χ0n) is 9.23. The average molecular weight is 279 g/mol. The van der Waals surface area contributed by atoms with Crippen LogP contribution in [-0.4, -0.2) is 15.2 Å². The summed E-state index contributed by atoms with van der Waals surface area (Å²) >= 11 is 13.3. The minimum Gasteiger partial charge on any atom is -0.301 e. The summed E-state index contributed by atoms with van der Waals surface area (Å²) in [5, 5.41) is 3.37. The van der Waals surface area contributed by atoms with Crippen LogP contribution in [0.1, 0.15) is 23.9 Å². The summed E-state index contributed by atoms with van der Waals surface area (Å²) in [4.78, 5) is 17.3. The number of rotatable bonds is 2. The Hall–Kier alpha value is -0.320. The number of hydrogen-bond acceptors (Lipinski definition) is 3. The highest BCUT2D eigenvalue weighted by Gasteiger charge is 2.68. The van der Waals surface area contributed by atoms with Crippen molar-refractivity contribution in [3.8, 4) is 0 Å². The molecule has 88 valence electrons. The quantitative estimate of drug-likeness (QED) is 0.844. The molecule has 1 aromatic heterocycles. The molecule has 1 aliphatic carbocycles. The molecule has 1 unspecified atom stereocenters. The maximum Gasteiger partial charge on any atom is 0.235 e. The van der Waals surface area contributed by atoms with Crippen LogP contribution in [0.15, 0.2) is 0 Å². The first-order valence-electron chi connectivity index (χ1n) is 4.89. The summed E-state index contributed by atoms with van der Waals surface area (Å²) in [5.41, 5.74) is 0.244. The van der Waals surface area contributed by atoms with E-state index in [1.165, 1.54) is 11.3 Å². The van der Waals surface area contributed by atoms with Crippen molar-refractivity contribution < 1.29 is 4.79 Å². The van der Waals surface area contributed by atoms with Crippen LogP contribution >= 0.6 is 34.5 Å². The van der Waals surface area contributed by atoms with E-state index in [2.05, 4.69) is 10.3 Å². The number of halogens is 2. The Balaban J connectivity index is 2.09. The SMILES string of the molecule is Cc1nc(NC(=O)C2(C)CC2(Cl)Cl)sc1C. The molecule has 0 bridgehead atoms. The minimum absolute atomic E-state index is 0.161. The second-order valence-electron chi connectivity index (χ2n) is 4.33. The summed E-state index contributed by atoms with van der Waals surface area (Å²) in [7, 11) is 0. The molecule has 16 heavy (non-hydrogen) atoms. The molecule has 0 saturated heterocycles. The number of thiazole rings is 1. The summed E-state index contributed by atoms with van der Waals surface area (Å²) in [6.45, 7) is 5.64. The number of aromatic nitrogens is 1. The molecular formula is C10H12Cl2N2OS. The van der Waals surface area contributed by atoms with Gasteiger partial charge in [0, 0.05) is 4.88 Å². The molecular weight excluding hydrogens is 267 g/mol. The molecule has 1 aliphatic rings. The van der Waals surface area contributed by atoms with Gasteiger partial charge < -0.3 is 5.32 Å². The highest BCUT2D eigenvalue weighted by Crippen LogP contribution is 2.64. The number of nitrogens with zero attached hydrogens (tertiary/aromatic N) is 1. The zero-order valence-corrected chi connectivity index (χ0v) is 11.6. The van der Waals surface area contributed by atoms with Crippen LogP contribution in [0.5, 0.6) is 0 Å². The topological polar surface area (TPSA) is 42.0 Å². The number of carbonyl (C=O) groups excluding carboxylic acids is 1. The first-order valence-corrected chi connectivity index (χ1v) is 6.47. The molecule has 0 spiro atoms. The number of alkyl halides is 2. The average Bonchev–Trinajstić information content (AvgIpc) is 2.49. The van der Waals surface area contributed by atoms with Crippen molar-refractivity contribution in [3.63, 3.8) is 0 Å². The molecule has 6 heteroatoms. The Morgan fingerprint density at radius 1 is 1.50 bits per heavy atom. The third kappa shape index (κ3) is 1.83. The maximum absolute atomic E-state index is 11.9. The Labute approximate surface area is 108 Å². The third-order valence-corrected chi connectivity index (χ3v) is 5.10. The van der Waals surface area contributed by atoms with Crippen LogP contribution in [0.2, 0.25) is 0 Å². The van der Waals surface area contributed by atoms with Gasteiger partial charge in [0.05, 0.1) is 11.1 Å². The number of amides is 1. The van der Waals surface area contributed by atoms with Crippen molar-refractivity contribution >= 4 is 45.6 Å². The van der Waals surface area contributed by atoms with Crippen LogP contribution in [0.3, 0.4) is 0 Å². The summed E-state index contributed by atoms with van der Waals surface area (Å²) in [6.07, 6.45) is 0.484. The molecule has 0 aromatic carbocycles. The lowest BCUT2D eigenvalue weighted by atomic mass is 10.1. The summed E-state index contributed by atoms with van der Waals surface area (Å²) < 4.78 is -0.932. The molecule has 1 fully saturated rings. The maximum atomic E-state index is 11.9. The third-order valence-electron chi connectivity index (χ3n) is 3.01. The zero-order chi connectivity index (χ0) is 12.1. The molecule has 3 nitrogen and oxygen atoms in total. The lowest BCUT2D eigenvalue weighted by Crippen LogP contribution is -2.25. The van der Waals surface area contributed by atoms with Gasteiger partial charge in [-0.05, 0) is 27.2 Å². The van der Waals surface area contributed by atoms with Gasteiger partial charge in [-0.25, -0.2) is 4.98 Å². The molecule has 1 saturated carbocycles. The Morgan fingerprint density at radius 2 is 2.06 bits per heavy atom. The van der Waals surface area contributed by atoms with Gasteiger partial charge >= 0.3 is 0 Å². The van der Waals surface area contributed by atoms with E-state index in [1.54, 1.807) is 6.92 Å². The Kier molecular flexibility index (Phi) is 2.72. The first kappa shape index (κ1) is 12.1. The van der Waals surface area contributed by atoms with E-state index in [4.69, 9.17) is 23.2 Å². The van der Waals surface area contributed by atoms with Gasteiger partial charge in [-0.2, -0.15) is 0 Å². The van der Waals surface area contributed by atoms with Gasteiger partial charge in [-0.1, -0.05) is 0 Å². The fourth-order valence-corrected chi connectivity index (χ4v) is 2.92. The van der Waals surface area contributed by atoms with Crippen molar-refractivity contribution in [1.82, 2.24) is 4.98 Å². The number of aryl methyl sites for hydroxylation is 2. The smallest absolute Gasteiger partial charge is 0.235 e. The molecule has 1 heterocycles. The van der Waals surface area contributed by atoms with Crippen molar-refractivity contribution in [1.29, 1.82) is 0 Å². The van der Waals surface area contributed by atoms with E-state index in [9.17, 15) is 4.79 Å². The van der Waals surface area contributed by atoms with Gasteiger partial charge in [0.25, 0.3) is 0 Å². The molecule has 0 aliphatic heterocycles. The van der Waals surface area contributed by atoms with E-state index in [0.29, 0.717) is 11.6 Å². The van der Waals surface area contributed by atoms with E-state index in [0.717, 1.165) is 10.6 Å². The van der Waals surface area contributed by atoms with Crippen LogP contribution in [0.4, 0.5) is 5.13 Å². The molecule has 1 aromatic rings. The number of hydrogen-bond donors (Lipinski definition) is 1. The Bertz CT molecular complexity index is 438. The standard InChI is InChI=1S/C10H12Cl2N2OS/c1-5-6(2)16-8(13-5)14-7(15)9(3)4-10(9,11)12/h4H2,1-3H3,(H,13,14,15). The van der Waals surface area contributed by atoms with Gasteiger partial charge in [0.2, 0.25) is 5.91 Å². The predicted octanol–water partition coefficient (Wildman–Crippen LogP) is 3.28. The second kappa shape index (κ2) is 3.59. The lowest BCUT2D eigenvalue weighted by Gasteiger charge is -2.10. The van der Waals surface area contributed by atoms with Gasteiger partial charge in [0.1, 0.15) is 4.33 Å². The summed E-state index contributed by atoms with van der Waals surface area (Å²) in [6, 6.07) is 0. The van der Waals surface area contributed by atoms with Gasteiger partial charge in [-0.15, -0.1) is 34.5 Å². The van der Waals surface area contributed by atoms with Crippen LogP contribution < -0.4 is 5.32 Å². The fourth-order valence-electron chi connectivity index (χ4n) is 1.41. The molecule has 1 N–H and O–H groups in total. The monoisotopic (exact) mass is 278 g/mol. The highest BCUT2D eigenvalue weighted by molar-refractivity contribution is 7.15. The highest BCUT2D eigenvalue weighted by atomic mass is 35.5. The van der Waals surface area contributed by atoms with Crippen molar-refractivity contribution in [2.45, 2.75) is 31.5 Å². The van der Waals surface area contributed by atoms with E-state index < -0.39 is 9.75 Å². The first-order chi connectivity index (χ1) is 7.26. The number of nitrogens with one attached hydrogen (secondary N) is 1. The largest absolute Gasteiger partial charge is 0.301 e. The van der Waals surface area contributed by atoms with E-state index in [1.807, 2.05) is 13.8 Å². The minimum atomic E-state index is -0.932. The Morgan fingerprint density at radius 3 is 2.44 bits per heavy atom. The second-order valence-corrected chi connectivity index (χ2v) is 7.02. The number of carbonyl (C=O) groups is 1. The van der Waals surface area contributed by atoms with Crippen LogP contribution in [0.25, 0.3) is 0 Å². The van der Waals surface area contributed by atoms with Crippen molar-refractivity contribution in [3.05, 3.63) is 10.6 Å². The van der Waals surface area contributed by atoms with Crippen LogP contribution in [-0.2, 0) is 4.79 Å². The van der Waals surface area contributed by atoms with Crippen LogP contribution in [0, 0.1) is 19.3 Å². The number of anilines is 1. The van der Waals surface area contributed by atoms with Crippen molar-refractivity contribution in [2.24, 2.45) is 5.41 Å². The van der Waals surface area contributed by atoms with E-state index >= 15 is 0 Å². The predicted molar refractivity (Wildman–Crippen MR) is 67.4 cm³/mol. The normalized spacial score (nSPS) is 26.6. The molecule has 1 amide bonds. The fraction of sp³-hybridized carbons (Fsp3) is 0.600. The van der Waals surface area contributed by atoms with E-state index in [-0.39, 0.29) is 5.91 Å². The van der Waals surface area contributed by atoms with Crippen molar-refractivity contribution in [2.75, 3.05) is 5.32 Å². The summed E-state index contributed by atoms with van der Waals surface area (Å²) in [5.74, 6) is -0.161. The molecule has 0 radical (unpaired) electrons. The molecule has 1 atom stereocenters. The van der Waals surface area contributed by atoms with Gasteiger partial charge in [-0.3, -0.25) is 4.79 Å². The molecule has 2 rings (SSSR count).